The number of hydrogen-bond donors (Lipinski definition) is 0. The SMILES string of the molecule is CCOC(=O)CCCC(=O)C(F)(F)F. The van der Waals surface area contributed by atoms with Gasteiger partial charge in [-0.2, -0.15) is 13.2 Å². The number of Topliss-reactive ketones (excluding diaryl/α,β-unsaturated/α-hetero) is 1. The van der Waals surface area contributed by atoms with Gasteiger partial charge in [0.05, 0.1) is 6.61 Å². The third-order valence-electron chi connectivity index (χ3n) is 1.41. The Labute approximate surface area is 79.2 Å². The minimum Gasteiger partial charge on any atom is -0.466 e. The molecule has 0 N–H and O–H groups in total. The fourth-order valence-electron chi connectivity index (χ4n) is 0.768. The van der Waals surface area contributed by atoms with E-state index in [2.05, 4.69) is 4.74 Å². The van der Waals surface area contributed by atoms with Crippen LogP contribution < -0.4 is 0 Å². The van der Waals surface area contributed by atoms with Gasteiger partial charge < -0.3 is 4.74 Å². The van der Waals surface area contributed by atoms with Crippen LogP contribution >= 0.6 is 0 Å². The first-order chi connectivity index (χ1) is 6.38. The molecule has 0 fully saturated rings. The summed E-state index contributed by atoms with van der Waals surface area (Å²) in [6.45, 7) is 1.78. The second kappa shape index (κ2) is 5.62. The fraction of sp³-hybridized carbons (Fsp3) is 0.750. The van der Waals surface area contributed by atoms with E-state index in [-0.39, 0.29) is 19.4 Å². The lowest BCUT2D eigenvalue weighted by atomic mass is 10.2. The molecule has 0 spiro atoms. The Kier molecular flexibility index (Phi) is 5.19. The van der Waals surface area contributed by atoms with E-state index in [1.54, 1.807) is 6.92 Å². The lowest BCUT2D eigenvalue weighted by Gasteiger charge is -2.04. The summed E-state index contributed by atoms with van der Waals surface area (Å²) in [6, 6.07) is 0. The highest BCUT2D eigenvalue weighted by Crippen LogP contribution is 2.19. The van der Waals surface area contributed by atoms with Crippen LogP contribution in [0.1, 0.15) is 26.2 Å². The number of carbonyl (C=O) groups is 2. The van der Waals surface area contributed by atoms with Crippen LogP contribution in [0.15, 0.2) is 0 Å². The molecule has 0 aromatic rings. The number of hydrogen-bond acceptors (Lipinski definition) is 3. The van der Waals surface area contributed by atoms with Gasteiger partial charge in [-0.1, -0.05) is 0 Å². The fourth-order valence-corrected chi connectivity index (χ4v) is 0.768. The van der Waals surface area contributed by atoms with Crippen molar-refractivity contribution in [2.45, 2.75) is 32.4 Å². The highest BCUT2D eigenvalue weighted by Gasteiger charge is 2.37. The molecule has 0 bridgehead atoms. The summed E-state index contributed by atoms with van der Waals surface area (Å²) in [5.74, 6) is -2.38. The molecule has 0 rings (SSSR count). The van der Waals surface area contributed by atoms with Gasteiger partial charge in [-0.3, -0.25) is 9.59 Å². The molecule has 14 heavy (non-hydrogen) atoms. The minimum atomic E-state index is -4.80. The summed E-state index contributed by atoms with van der Waals surface area (Å²) in [5, 5.41) is 0. The van der Waals surface area contributed by atoms with Crippen LogP contribution in [-0.4, -0.2) is 24.5 Å². The zero-order valence-corrected chi connectivity index (χ0v) is 7.69. The van der Waals surface area contributed by atoms with Crippen molar-refractivity contribution in [3.05, 3.63) is 0 Å². The maximum absolute atomic E-state index is 11.7. The standard InChI is InChI=1S/C8H11F3O3/c1-2-14-7(13)5-3-4-6(12)8(9,10)11/h2-5H2,1H3. The van der Waals surface area contributed by atoms with Crippen molar-refractivity contribution in [1.29, 1.82) is 0 Å². The van der Waals surface area contributed by atoms with Gasteiger partial charge >= 0.3 is 12.1 Å². The summed E-state index contributed by atoms with van der Waals surface area (Å²) >= 11 is 0. The van der Waals surface area contributed by atoms with E-state index in [1.807, 2.05) is 0 Å². The number of esters is 1. The van der Waals surface area contributed by atoms with Gasteiger partial charge in [-0.25, -0.2) is 0 Å². The molecule has 0 saturated carbocycles. The first-order valence-corrected chi connectivity index (χ1v) is 4.13. The van der Waals surface area contributed by atoms with E-state index in [0.717, 1.165) is 0 Å². The Balaban J connectivity index is 3.65. The lowest BCUT2D eigenvalue weighted by molar-refractivity contribution is -0.171. The predicted molar refractivity (Wildman–Crippen MR) is 41.5 cm³/mol. The van der Waals surface area contributed by atoms with E-state index in [4.69, 9.17) is 0 Å². The van der Waals surface area contributed by atoms with Crippen LogP contribution in [0.5, 0.6) is 0 Å². The van der Waals surface area contributed by atoms with Crippen molar-refractivity contribution < 1.29 is 27.5 Å². The second-order valence-corrected chi connectivity index (χ2v) is 2.58. The Morgan fingerprint density at radius 2 is 1.79 bits per heavy atom. The van der Waals surface area contributed by atoms with Crippen LogP contribution in [0.2, 0.25) is 0 Å². The number of halogens is 3. The minimum absolute atomic E-state index is 0.128. The Morgan fingerprint density at radius 1 is 1.21 bits per heavy atom. The zero-order chi connectivity index (χ0) is 11.2. The molecule has 0 amide bonds. The highest BCUT2D eigenvalue weighted by molar-refractivity contribution is 5.84. The van der Waals surface area contributed by atoms with Crippen molar-refractivity contribution in [2.24, 2.45) is 0 Å². The van der Waals surface area contributed by atoms with E-state index < -0.39 is 24.3 Å². The third-order valence-corrected chi connectivity index (χ3v) is 1.41. The number of alkyl halides is 3. The summed E-state index contributed by atoms with van der Waals surface area (Å²) in [6.07, 6.45) is -5.75. The first-order valence-electron chi connectivity index (χ1n) is 4.13. The number of rotatable bonds is 5. The van der Waals surface area contributed by atoms with Gasteiger partial charge in [0.15, 0.2) is 0 Å². The average molecular weight is 212 g/mol. The molecule has 0 radical (unpaired) electrons. The molecule has 0 aliphatic heterocycles. The smallest absolute Gasteiger partial charge is 0.449 e. The van der Waals surface area contributed by atoms with Crippen LogP contribution in [0, 0.1) is 0 Å². The van der Waals surface area contributed by atoms with E-state index in [0.29, 0.717) is 0 Å². The molecule has 6 heteroatoms. The zero-order valence-electron chi connectivity index (χ0n) is 7.69. The van der Waals surface area contributed by atoms with Crippen molar-refractivity contribution in [1.82, 2.24) is 0 Å². The Bertz CT molecular complexity index is 210. The molecular weight excluding hydrogens is 201 g/mol. The van der Waals surface area contributed by atoms with Crippen LogP contribution in [0.4, 0.5) is 13.2 Å². The Hall–Kier alpha value is -1.07. The summed E-state index contributed by atoms with van der Waals surface area (Å²) < 4.78 is 39.4. The molecule has 0 aliphatic carbocycles. The largest absolute Gasteiger partial charge is 0.466 e. The first kappa shape index (κ1) is 12.9. The molecule has 0 saturated heterocycles. The Morgan fingerprint density at radius 3 is 2.21 bits per heavy atom. The normalized spacial score (nSPS) is 11.1. The summed E-state index contributed by atoms with van der Waals surface area (Å²) in [4.78, 5) is 21.0. The predicted octanol–water partition coefficient (Wildman–Crippen LogP) is 1.85. The maximum atomic E-state index is 11.7. The van der Waals surface area contributed by atoms with Crippen molar-refractivity contribution in [2.75, 3.05) is 6.61 Å². The van der Waals surface area contributed by atoms with Crippen molar-refractivity contribution in [3.8, 4) is 0 Å². The van der Waals surface area contributed by atoms with Crippen molar-refractivity contribution in [3.63, 3.8) is 0 Å². The number of carbonyl (C=O) groups excluding carboxylic acids is 2. The molecule has 3 nitrogen and oxygen atoms in total. The van der Waals surface area contributed by atoms with E-state index in [1.165, 1.54) is 0 Å². The van der Waals surface area contributed by atoms with Crippen molar-refractivity contribution >= 4 is 11.8 Å². The lowest BCUT2D eigenvalue weighted by Crippen LogP contribution is -2.22. The van der Waals surface area contributed by atoms with Crippen LogP contribution in [0.25, 0.3) is 0 Å². The molecule has 0 heterocycles. The second-order valence-electron chi connectivity index (χ2n) is 2.58. The van der Waals surface area contributed by atoms with Crippen LogP contribution in [-0.2, 0) is 14.3 Å². The topological polar surface area (TPSA) is 43.4 Å². The van der Waals surface area contributed by atoms with Gasteiger partial charge in [0, 0.05) is 12.8 Å². The van der Waals surface area contributed by atoms with Gasteiger partial charge in [0.25, 0.3) is 0 Å². The number of ether oxygens (including phenoxy) is 1. The number of ketones is 1. The molecule has 0 atom stereocenters. The molecule has 0 aromatic heterocycles. The van der Waals surface area contributed by atoms with Gasteiger partial charge in [-0.05, 0) is 13.3 Å². The average Bonchev–Trinajstić information content (AvgIpc) is 2.02. The van der Waals surface area contributed by atoms with Gasteiger partial charge in [0.2, 0.25) is 5.78 Å². The highest BCUT2D eigenvalue weighted by atomic mass is 19.4. The summed E-state index contributed by atoms with van der Waals surface area (Å²) in [5.41, 5.74) is 0. The molecule has 0 unspecified atom stereocenters. The maximum Gasteiger partial charge on any atom is 0.449 e. The van der Waals surface area contributed by atoms with Gasteiger partial charge in [0.1, 0.15) is 0 Å². The summed E-state index contributed by atoms with van der Waals surface area (Å²) in [7, 11) is 0. The third kappa shape index (κ3) is 5.55. The van der Waals surface area contributed by atoms with Gasteiger partial charge in [-0.15, -0.1) is 0 Å². The molecule has 0 aliphatic rings. The molecule has 0 aromatic carbocycles. The van der Waals surface area contributed by atoms with Crippen LogP contribution in [0.3, 0.4) is 0 Å². The molecular formula is C8H11F3O3. The van der Waals surface area contributed by atoms with E-state index in [9.17, 15) is 22.8 Å². The quantitative estimate of drug-likeness (QED) is 0.653. The molecule has 82 valence electrons. The van der Waals surface area contributed by atoms with E-state index >= 15 is 0 Å². The monoisotopic (exact) mass is 212 g/mol.